The van der Waals surface area contributed by atoms with E-state index in [1.807, 2.05) is 59.6 Å². The third-order valence-electron chi connectivity index (χ3n) is 5.39. The van der Waals surface area contributed by atoms with Crippen LogP contribution >= 0.6 is 0 Å². The number of carbonyl (C=O) groups is 1. The van der Waals surface area contributed by atoms with Crippen LogP contribution in [0.1, 0.15) is 5.56 Å². The van der Waals surface area contributed by atoms with Crippen LogP contribution in [0.3, 0.4) is 0 Å². The van der Waals surface area contributed by atoms with E-state index in [0.717, 1.165) is 29.2 Å². The lowest BCUT2D eigenvalue weighted by atomic mass is 10.0. The van der Waals surface area contributed by atoms with Crippen LogP contribution in [0.5, 0.6) is 5.88 Å². The zero-order valence-corrected chi connectivity index (χ0v) is 15.3. The molecular weight excluding hydrogens is 354 g/mol. The first kappa shape index (κ1) is 17.2. The van der Waals surface area contributed by atoms with Gasteiger partial charge in [-0.15, -0.1) is 0 Å². The van der Waals surface area contributed by atoms with Gasteiger partial charge in [0.15, 0.2) is 5.88 Å². The number of amides is 1. The average molecular weight is 374 g/mol. The van der Waals surface area contributed by atoms with Gasteiger partial charge in [0, 0.05) is 17.1 Å². The molecular formula is C22H20N3O3-. The number of hydrogen-bond donors (Lipinski definition) is 1. The summed E-state index contributed by atoms with van der Waals surface area (Å²) in [4.78, 5) is 19.1. The zero-order valence-electron chi connectivity index (χ0n) is 15.3. The van der Waals surface area contributed by atoms with Crippen molar-refractivity contribution in [1.82, 2.24) is 9.47 Å². The number of para-hydroxylation sites is 2. The Hall–Kier alpha value is -2.96. The Labute approximate surface area is 162 Å². The molecule has 142 valence electrons. The number of aromatic nitrogens is 1. The first-order valence-electron chi connectivity index (χ1n) is 9.42. The second-order valence-electron chi connectivity index (χ2n) is 6.97. The van der Waals surface area contributed by atoms with Gasteiger partial charge in [-0.3, -0.25) is 4.79 Å². The summed E-state index contributed by atoms with van der Waals surface area (Å²) in [7, 11) is 0. The van der Waals surface area contributed by atoms with E-state index in [1.54, 1.807) is 0 Å². The number of ether oxygens (including phenoxy) is 1. The molecule has 2 aliphatic rings. The van der Waals surface area contributed by atoms with Gasteiger partial charge in [-0.1, -0.05) is 43.0 Å². The van der Waals surface area contributed by atoms with E-state index in [2.05, 4.69) is 9.89 Å². The van der Waals surface area contributed by atoms with Crippen LogP contribution < -0.4 is 10.6 Å². The number of nitrogens with zero attached hydrogens (tertiary/aromatic N) is 3. The SMILES string of the molecule is O=C1N=c2ccccc2=C1c1c(O)n(CCN2[CH-]COCC2)c2ccccc12. The molecule has 3 heterocycles. The van der Waals surface area contributed by atoms with Crippen LogP contribution in [0.15, 0.2) is 53.5 Å². The molecule has 1 N–H and O–H groups in total. The molecule has 0 radical (unpaired) electrons. The summed E-state index contributed by atoms with van der Waals surface area (Å²) in [5.74, 6) is -0.189. The van der Waals surface area contributed by atoms with Gasteiger partial charge >= 0.3 is 0 Å². The van der Waals surface area contributed by atoms with Crippen molar-refractivity contribution in [3.63, 3.8) is 0 Å². The number of benzene rings is 2. The molecule has 2 aromatic carbocycles. The highest BCUT2D eigenvalue weighted by atomic mass is 16.5. The Kier molecular flexibility index (Phi) is 4.22. The molecule has 0 unspecified atom stereocenters. The minimum absolute atomic E-state index is 0.115. The molecule has 28 heavy (non-hydrogen) atoms. The molecule has 5 rings (SSSR count). The highest BCUT2D eigenvalue weighted by molar-refractivity contribution is 6.24. The van der Waals surface area contributed by atoms with E-state index in [4.69, 9.17) is 4.74 Å². The number of aromatic hydroxyl groups is 1. The minimum atomic E-state index is -0.305. The smallest absolute Gasteiger partial charge is 0.279 e. The summed E-state index contributed by atoms with van der Waals surface area (Å²) in [6.45, 7) is 5.59. The van der Waals surface area contributed by atoms with E-state index in [9.17, 15) is 9.90 Å². The first-order valence-corrected chi connectivity index (χ1v) is 9.42. The normalized spacial score (nSPS) is 17.1. The summed E-state index contributed by atoms with van der Waals surface area (Å²) in [6, 6.07) is 15.3. The molecule has 1 amide bonds. The van der Waals surface area contributed by atoms with E-state index in [-0.39, 0.29) is 11.8 Å². The standard InChI is InChI=1S/C22H20N3O3/c26-21-19(15-5-1-3-7-17(15)23-21)20-16-6-2-4-8-18(16)25(22(20)27)10-9-24-11-13-28-14-12-24/h1-8,11,27H,9-10,12-14H2/q-1. The molecule has 6 heteroatoms. The molecule has 1 aromatic heterocycles. The highest BCUT2D eigenvalue weighted by Crippen LogP contribution is 2.36. The number of rotatable bonds is 4. The van der Waals surface area contributed by atoms with Crippen LogP contribution in [0.4, 0.5) is 0 Å². The zero-order chi connectivity index (χ0) is 19.1. The maximum atomic E-state index is 12.7. The number of fused-ring (bicyclic) bond motifs is 2. The maximum Gasteiger partial charge on any atom is 0.279 e. The molecule has 0 atom stereocenters. The molecule has 0 aliphatic carbocycles. The van der Waals surface area contributed by atoms with Crippen molar-refractivity contribution in [2.24, 2.45) is 4.99 Å². The monoisotopic (exact) mass is 374 g/mol. The summed E-state index contributed by atoms with van der Waals surface area (Å²) in [5.41, 5.74) is 1.95. The van der Waals surface area contributed by atoms with Crippen LogP contribution in [-0.4, -0.2) is 46.8 Å². The van der Waals surface area contributed by atoms with Crippen molar-refractivity contribution in [2.75, 3.05) is 26.3 Å². The van der Waals surface area contributed by atoms with Crippen molar-refractivity contribution < 1.29 is 14.6 Å². The quantitative estimate of drug-likeness (QED) is 0.697. The molecule has 0 spiro atoms. The average Bonchev–Trinajstić information content (AvgIpc) is 3.19. The van der Waals surface area contributed by atoms with E-state index >= 15 is 0 Å². The summed E-state index contributed by atoms with van der Waals surface area (Å²) < 4.78 is 7.24. The van der Waals surface area contributed by atoms with Crippen LogP contribution in [0.2, 0.25) is 0 Å². The Morgan fingerprint density at radius 2 is 1.93 bits per heavy atom. The fourth-order valence-corrected chi connectivity index (χ4v) is 4.01. The van der Waals surface area contributed by atoms with E-state index in [0.29, 0.717) is 36.3 Å². The lowest BCUT2D eigenvalue weighted by Crippen LogP contribution is -2.34. The van der Waals surface area contributed by atoms with Gasteiger partial charge < -0.3 is 19.3 Å². The summed E-state index contributed by atoms with van der Waals surface area (Å²) in [6.07, 6.45) is 0. The van der Waals surface area contributed by atoms with E-state index in [1.165, 1.54) is 0 Å². The lowest BCUT2D eigenvalue weighted by Gasteiger charge is -2.37. The van der Waals surface area contributed by atoms with Crippen molar-refractivity contribution in [1.29, 1.82) is 0 Å². The van der Waals surface area contributed by atoms with Crippen molar-refractivity contribution in [3.05, 3.63) is 71.2 Å². The van der Waals surface area contributed by atoms with Crippen LogP contribution in [0.25, 0.3) is 16.5 Å². The minimum Gasteiger partial charge on any atom is -0.494 e. The van der Waals surface area contributed by atoms with Gasteiger partial charge in [0.2, 0.25) is 0 Å². The third-order valence-corrected chi connectivity index (χ3v) is 5.39. The molecule has 3 aromatic rings. The van der Waals surface area contributed by atoms with Crippen LogP contribution in [-0.2, 0) is 16.1 Å². The summed E-state index contributed by atoms with van der Waals surface area (Å²) >= 11 is 0. The Morgan fingerprint density at radius 3 is 2.79 bits per heavy atom. The van der Waals surface area contributed by atoms with Crippen molar-refractivity contribution in [3.8, 4) is 5.88 Å². The lowest BCUT2D eigenvalue weighted by molar-refractivity contribution is -0.112. The third kappa shape index (κ3) is 2.73. The first-order chi connectivity index (χ1) is 13.7. The van der Waals surface area contributed by atoms with Gasteiger partial charge in [0.1, 0.15) is 0 Å². The van der Waals surface area contributed by atoms with E-state index < -0.39 is 0 Å². The Bertz CT molecular complexity index is 1190. The van der Waals surface area contributed by atoms with Gasteiger partial charge in [0.05, 0.1) is 28.6 Å². The Balaban J connectivity index is 1.64. The fourth-order valence-electron chi connectivity index (χ4n) is 4.01. The van der Waals surface area contributed by atoms with Crippen molar-refractivity contribution in [2.45, 2.75) is 6.54 Å². The van der Waals surface area contributed by atoms with Crippen molar-refractivity contribution >= 4 is 22.4 Å². The van der Waals surface area contributed by atoms with Crippen LogP contribution in [0, 0.1) is 6.54 Å². The fraction of sp³-hybridized carbons (Fsp3) is 0.227. The molecule has 0 bridgehead atoms. The largest absolute Gasteiger partial charge is 0.494 e. The maximum absolute atomic E-state index is 12.7. The second kappa shape index (κ2) is 6.89. The topological polar surface area (TPSA) is 67.1 Å². The molecule has 1 fully saturated rings. The Morgan fingerprint density at radius 1 is 1.11 bits per heavy atom. The molecule has 1 saturated heterocycles. The second-order valence-corrected chi connectivity index (χ2v) is 6.97. The van der Waals surface area contributed by atoms with Gasteiger partial charge in [0.25, 0.3) is 5.91 Å². The summed E-state index contributed by atoms with van der Waals surface area (Å²) in [5, 5.41) is 13.4. The predicted octanol–water partition coefficient (Wildman–Crippen LogP) is 1.20. The van der Waals surface area contributed by atoms with Gasteiger partial charge in [-0.2, -0.15) is 0 Å². The molecule has 2 aliphatic heterocycles. The molecule has 0 saturated carbocycles. The predicted molar refractivity (Wildman–Crippen MR) is 105 cm³/mol. The van der Waals surface area contributed by atoms with Gasteiger partial charge in [-0.05, 0) is 25.2 Å². The number of hydrogen-bond acceptors (Lipinski definition) is 4. The van der Waals surface area contributed by atoms with Gasteiger partial charge in [-0.25, -0.2) is 11.5 Å². The number of carbonyl (C=O) groups excluding carboxylic acids is 1. The molecule has 6 nitrogen and oxygen atoms in total. The highest BCUT2D eigenvalue weighted by Gasteiger charge is 2.26. The number of morpholine rings is 1.